The van der Waals surface area contributed by atoms with Crippen molar-refractivity contribution in [2.75, 3.05) is 10.6 Å². The molecule has 1 amide bonds. The number of para-hydroxylation sites is 1. The van der Waals surface area contributed by atoms with Gasteiger partial charge in [-0.15, -0.1) is 0 Å². The third-order valence-electron chi connectivity index (χ3n) is 3.70. The van der Waals surface area contributed by atoms with Gasteiger partial charge in [0.25, 0.3) is 5.56 Å². The third kappa shape index (κ3) is 4.57. The normalized spacial score (nSPS) is 10.3. The van der Waals surface area contributed by atoms with Gasteiger partial charge in [0, 0.05) is 29.3 Å². The predicted octanol–water partition coefficient (Wildman–Crippen LogP) is 3.54. The number of nitrogens with one attached hydrogen (secondary N) is 2. The second-order valence-electron chi connectivity index (χ2n) is 5.79. The summed E-state index contributed by atoms with van der Waals surface area (Å²) in [7, 11) is 0. The molecule has 5 nitrogen and oxygen atoms in total. The number of aromatic nitrogens is 1. The van der Waals surface area contributed by atoms with Gasteiger partial charge in [-0.2, -0.15) is 0 Å². The first-order valence-electron chi connectivity index (χ1n) is 7.99. The number of carbonyl (C=O) groups is 1. The molecule has 0 saturated heterocycles. The van der Waals surface area contributed by atoms with Gasteiger partial charge in [-0.1, -0.05) is 18.2 Å². The van der Waals surface area contributed by atoms with Gasteiger partial charge in [-0.05, 0) is 55.0 Å². The number of amides is 1. The van der Waals surface area contributed by atoms with Gasteiger partial charge in [0.1, 0.15) is 6.54 Å². The molecular formula is C20H19N3O2. The van der Waals surface area contributed by atoms with Crippen LogP contribution in [0.25, 0.3) is 0 Å². The molecule has 25 heavy (non-hydrogen) atoms. The fourth-order valence-corrected chi connectivity index (χ4v) is 2.42. The van der Waals surface area contributed by atoms with Crippen LogP contribution < -0.4 is 16.2 Å². The highest BCUT2D eigenvalue weighted by molar-refractivity contribution is 5.90. The lowest BCUT2D eigenvalue weighted by Crippen LogP contribution is -2.26. The van der Waals surface area contributed by atoms with Gasteiger partial charge >= 0.3 is 0 Å². The number of nitrogens with zero attached hydrogens (tertiary/aromatic N) is 1. The van der Waals surface area contributed by atoms with Crippen molar-refractivity contribution in [3.8, 4) is 0 Å². The number of carbonyl (C=O) groups excluding carboxylic acids is 1. The zero-order chi connectivity index (χ0) is 17.6. The average molecular weight is 333 g/mol. The van der Waals surface area contributed by atoms with E-state index in [9.17, 15) is 9.59 Å². The molecule has 0 aliphatic heterocycles. The minimum atomic E-state index is -0.241. The van der Waals surface area contributed by atoms with E-state index >= 15 is 0 Å². The molecule has 5 heteroatoms. The fraction of sp³-hybridized carbons (Fsp3) is 0.100. The van der Waals surface area contributed by atoms with Crippen LogP contribution >= 0.6 is 0 Å². The van der Waals surface area contributed by atoms with Crippen LogP contribution in [0.2, 0.25) is 0 Å². The van der Waals surface area contributed by atoms with E-state index in [4.69, 9.17) is 0 Å². The van der Waals surface area contributed by atoms with Crippen molar-refractivity contribution in [1.82, 2.24) is 4.57 Å². The van der Waals surface area contributed by atoms with Crippen molar-refractivity contribution in [2.45, 2.75) is 13.5 Å². The summed E-state index contributed by atoms with van der Waals surface area (Å²) in [6, 6.07) is 20.6. The monoisotopic (exact) mass is 333 g/mol. The molecule has 1 heterocycles. The number of benzene rings is 2. The SMILES string of the molecule is Cc1ccn(CC(=O)Nc2ccc(Nc3ccccc3)cc2)c(=O)c1. The predicted molar refractivity (Wildman–Crippen MR) is 100 cm³/mol. The van der Waals surface area contributed by atoms with E-state index < -0.39 is 0 Å². The molecule has 3 rings (SSSR count). The number of anilines is 3. The maximum Gasteiger partial charge on any atom is 0.251 e. The molecule has 0 aliphatic rings. The first kappa shape index (κ1) is 16.5. The molecule has 0 spiro atoms. The Kier molecular flexibility index (Phi) is 4.95. The second-order valence-corrected chi connectivity index (χ2v) is 5.79. The molecule has 0 unspecified atom stereocenters. The molecule has 0 bridgehead atoms. The van der Waals surface area contributed by atoms with Gasteiger partial charge in [0.05, 0.1) is 0 Å². The summed E-state index contributed by atoms with van der Waals surface area (Å²) >= 11 is 0. The minimum Gasteiger partial charge on any atom is -0.356 e. The van der Waals surface area contributed by atoms with E-state index in [1.165, 1.54) is 10.6 Å². The Hall–Kier alpha value is -3.34. The van der Waals surface area contributed by atoms with E-state index in [2.05, 4.69) is 10.6 Å². The summed E-state index contributed by atoms with van der Waals surface area (Å²) in [4.78, 5) is 23.9. The molecular weight excluding hydrogens is 314 g/mol. The third-order valence-corrected chi connectivity index (χ3v) is 3.70. The second kappa shape index (κ2) is 7.49. The number of hydrogen-bond donors (Lipinski definition) is 2. The minimum absolute atomic E-state index is 0.0108. The van der Waals surface area contributed by atoms with Crippen LogP contribution in [0.15, 0.2) is 77.7 Å². The number of rotatable bonds is 5. The van der Waals surface area contributed by atoms with Crippen LogP contribution in [0.5, 0.6) is 0 Å². The molecule has 2 N–H and O–H groups in total. The van der Waals surface area contributed by atoms with Crippen molar-refractivity contribution in [2.24, 2.45) is 0 Å². The summed E-state index contributed by atoms with van der Waals surface area (Å²) in [6.45, 7) is 1.83. The molecule has 0 aliphatic carbocycles. The Morgan fingerprint density at radius 3 is 2.24 bits per heavy atom. The lowest BCUT2D eigenvalue weighted by Gasteiger charge is -2.09. The van der Waals surface area contributed by atoms with Crippen molar-refractivity contribution in [3.05, 3.63) is 88.8 Å². The van der Waals surface area contributed by atoms with Crippen molar-refractivity contribution in [1.29, 1.82) is 0 Å². The molecule has 1 aromatic heterocycles. The summed E-state index contributed by atoms with van der Waals surface area (Å²) in [6.07, 6.45) is 1.63. The quantitative estimate of drug-likeness (QED) is 0.751. The van der Waals surface area contributed by atoms with Crippen LogP contribution in [0, 0.1) is 6.92 Å². The molecule has 3 aromatic rings. The van der Waals surface area contributed by atoms with E-state index in [0.717, 1.165) is 16.9 Å². The number of aryl methyl sites for hydroxylation is 1. The summed E-state index contributed by atoms with van der Waals surface area (Å²) in [5, 5.41) is 6.08. The lowest BCUT2D eigenvalue weighted by molar-refractivity contribution is -0.116. The van der Waals surface area contributed by atoms with Gasteiger partial charge < -0.3 is 15.2 Å². The highest BCUT2D eigenvalue weighted by Crippen LogP contribution is 2.18. The van der Waals surface area contributed by atoms with Crippen molar-refractivity contribution >= 4 is 23.0 Å². The summed E-state index contributed by atoms with van der Waals surface area (Å²) < 4.78 is 1.38. The molecule has 0 fully saturated rings. The van der Waals surface area contributed by atoms with Crippen molar-refractivity contribution in [3.63, 3.8) is 0 Å². The van der Waals surface area contributed by atoms with Crippen LogP contribution in [-0.4, -0.2) is 10.5 Å². The average Bonchev–Trinajstić information content (AvgIpc) is 2.60. The maximum atomic E-state index is 12.1. The van der Waals surface area contributed by atoms with Gasteiger partial charge in [-0.3, -0.25) is 9.59 Å². The molecule has 126 valence electrons. The molecule has 2 aromatic carbocycles. The summed E-state index contributed by atoms with van der Waals surface area (Å²) in [5.74, 6) is -0.241. The van der Waals surface area contributed by atoms with Gasteiger partial charge in [0.15, 0.2) is 0 Å². The molecule has 0 radical (unpaired) electrons. The lowest BCUT2D eigenvalue weighted by atomic mass is 10.2. The standard InChI is InChI=1S/C20H19N3O2/c1-15-11-12-23(20(25)13-15)14-19(24)22-18-9-7-17(8-10-18)21-16-5-3-2-4-6-16/h2-13,21H,14H2,1H3,(H,22,24). The topological polar surface area (TPSA) is 63.1 Å². The highest BCUT2D eigenvalue weighted by atomic mass is 16.2. The molecule has 0 atom stereocenters. The number of hydrogen-bond acceptors (Lipinski definition) is 3. The maximum absolute atomic E-state index is 12.1. The summed E-state index contributed by atoms with van der Waals surface area (Å²) in [5.41, 5.74) is 3.31. The Bertz CT molecular complexity index is 916. The number of pyridine rings is 1. The Labute approximate surface area is 145 Å². The van der Waals surface area contributed by atoms with Crippen LogP contribution in [0.1, 0.15) is 5.56 Å². The first-order valence-corrected chi connectivity index (χ1v) is 7.99. The van der Waals surface area contributed by atoms with Crippen LogP contribution in [-0.2, 0) is 11.3 Å². The molecule has 0 saturated carbocycles. The fourth-order valence-electron chi connectivity index (χ4n) is 2.42. The highest BCUT2D eigenvalue weighted by Gasteiger charge is 2.05. The Balaban J connectivity index is 1.61. The van der Waals surface area contributed by atoms with Crippen LogP contribution in [0.3, 0.4) is 0 Å². The van der Waals surface area contributed by atoms with E-state index in [1.807, 2.05) is 61.5 Å². The largest absolute Gasteiger partial charge is 0.356 e. The van der Waals surface area contributed by atoms with E-state index in [-0.39, 0.29) is 18.0 Å². The Morgan fingerprint density at radius 1 is 0.920 bits per heavy atom. The van der Waals surface area contributed by atoms with E-state index in [1.54, 1.807) is 12.3 Å². The zero-order valence-electron chi connectivity index (χ0n) is 13.9. The van der Waals surface area contributed by atoms with Crippen molar-refractivity contribution < 1.29 is 4.79 Å². The van der Waals surface area contributed by atoms with Gasteiger partial charge in [-0.25, -0.2) is 0 Å². The van der Waals surface area contributed by atoms with Crippen LogP contribution in [0.4, 0.5) is 17.1 Å². The van der Waals surface area contributed by atoms with E-state index in [0.29, 0.717) is 5.69 Å². The smallest absolute Gasteiger partial charge is 0.251 e. The van der Waals surface area contributed by atoms with Gasteiger partial charge in [0.2, 0.25) is 5.91 Å². The zero-order valence-corrected chi connectivity index (χ0v) is 13.9. The Morgan fingerprint density at radius 2 is 1.56 bits per heavy atom. The first-order chi connectivity index (χ1) is 12.1.